The van der Waals surface area contributed by atoms with Crippen molar-refractivity contribution >= 4 is 24.0 Å². The molecule has 0 atom stereocenters. The van der Waals surface area contributed by atoms with E-state index >= 15 is 0 Å². The van der Waals surface area contributed by atoms with E-state index in [0.717, 1.165) is 21.2 Å². The second kappa shape index (κ2) is 6.81. The summed E-state index contributed by atoms with van der Waals surface area (Å²) in [6.45, 7) is 6.74. The van der Waals surface area contributed by atoms with Crippen LogP contribution in [0.1, 0.15) is 16.7 Å². The Morgan fingerprint density at radius 1 is 0.667 bits per heavy atom. The molecule has 0 spiro atoms. The summed E-state index contributed by atoms with van der Waals surface area (Å²) in [5, 5.41) is 0. The maximum absolute atomic E-state index is 3.42. The maximum Gasteiger partial charge on any atom is 0.129 e. The SMILES string of the molecule is C[Si](C)(C)C#Cc1ccc(C#Cc2ccc(Br)cc2)cc1. The topological polar surface area (TPSA) is 0 Å². The molecule has 0 amide bonds. The van der Waals surface area contributed by atoms with Crippen LogP contribution in [-0.2, 0) is 0 Å². The first-order chi connectivity index (χ1) is 9.92. The lowest BCUT2D eigenvalue weighted by Crippen LogP contribution is -2.16. The zero-order valence-corrected chi connectivity index (χ0v) is 15.1. The van der Waals surface area contributed by atoms with Gasteiger partial charge in [-0.05, 0) is 48.5 Å². The fourth-order valence-electron chi connectivity index (χ4n) is 1.57. The fraction of sp³-hybridized carbons (Fsp3) is 0.158. The summed E-state index contributed by atoms with van der Waals surface area (Å²) in [6.07, 6.45) is 0. The first kappa shape index (κ1) is 15.6. The minimum Gasteiger partial charge on any atom is -0.127 e. The van der Waals surface area contributed by atoms with Gasteiger partial charge in [0.1, 0.15) is 8.07 Å². The predicted molar refractivity (Wildman–Crippen MR) is 96.8 cm³/mol. The van der Waals surface area contributed by atoms with Gasteiger partial charge in [-0.1, -0.05) is 53.3 Å². The highest BCUT2D eigenvalue weighted by molar-refractivity contribution is 9.10. The molecule has 0 bridgehead atoms. The van der Waals surface area contributed by atoms with Crippen LogP contribution < -0.4 is 0 Å². The van der Waals surface area contributed by atoms with Crippen LogP contribution in [0.5, 0.6) is 0 Å². The molecule has 0 radical (unpaired) electrons. The average molecular weight is 353 g/mol. The molecule has 0 nitrogen and oxygen atoms in total. The van der Waals surface area contributed by atoms with Crippen molar-refractivity contribution in [2.24, 2.45) is 0 Å². The largest absolute Gasteiger partial charge is 0.129 e. The van der Waals surface area contributed by atoms with Crippen molar-refractivity contribution in [3.8, 4) is 23.3 Å². The molecule has 0 aliphatic heterocycles. The summed E-state index contributed by atoms with van der Waals surface area (Å²) < 4.78 is 1.07. The Morgan fingerprint density at radius 2 is 1.05 bits per heavy atom. The minimum atomic E-state index is -1.31. The highest BCUT2D eigenvalue weighted by Crippen LogP contribution is 2.10. The number of rotatable bonds is 0. The molecule has 0 unspecified atom stereocenters. The van der Waals surface area contributed by atoms with Crippen molar-refractivity contribution in [1.82, 2.24) is 0 Å². The van der Waals surface area contributed by atoms with E-state index in [1.165, 1.54) is 0 Å². The van der Waals surface area contributed by atoms with Gasteiger partial charge in [-0.25, -0.2) is 0 Å². The first-order valence-corrected chi connectivity index (χ1v) is 11.1. The molecular formula is C19H17BrSi. The van der Waals surface area contributed by atoms with E-state index in [1.54, 1.807) is 0 Å². The van der Waals surface area contributed by atoms with Crippen molar-refractivity contribution in [2.75, 3.05) is 0 Å². The Morgan fingerprint density at radius 3 is 1.48 bits per heavy atom. The van der Waals surface area contributed by atoms with E-state index in [1.807, 2.05) is 48.5 Å². The summed E-state index contributed by atoms with van der Waals surface area (Å²) in [7, 11) is -1.31. The number of halogens is 1. The molecule has 2 rings (SSSR count). The third-order valence-corrected chi connectivity index (χ3v) is 4.07. The Labute approximate surface area is 136 Å². The van der Waals surface area contributed by atoms with Gasteiger partial charge in [0, 0.05) is 21.2 Å². The highest BCUT2D eigenvalue weighted by atomic mass is 79.9. The second-order valence-electron chi connectivity index (χ2n) is 5.83. The Hall–Kier alpha value is -1.74. The molecule has 0 saturated heterocycles. The van der Waals surface area contributed by atoms with Gasteiger partial charge in [-0.2, -0.15) is 0 Å². The summed E-state index contributed by atoms with van der Waals surface area (Å²) in [5.74, 6) is 9.59. The van der Waals surface area contributed by atoms with E-state index < -0.39 is 8.07 Å². The second-order valence-corrected chi connectivity index (χ2v) is 11.5. The minimum absolute atomic E-state index is 1.01. The third kappa shape index (κ3) is 5.64. The Balaban J connectivity index is 2.13. The number of benzene rings is 2. The summed E-state index contributed by atoms with van der Waals surface area (Å²) in [5.41, 5.74) is 6.46. The summed E-state index contributed by atoms with van der Waals surface area (Å²) in [4.78, 5) is 0. The van der Waals surface area contributed by atoms with Gasteiger partial charge >= 0.3 is 0 Å². The summed E-state index contributed by atoms with van der Waals surface area (Å²) >= 11 is 3.42. The molecule has 21 heavy (non-hydrogen) atoms. The van der Waals surface area contributed by atoms with Gasteiger partial charge in [-0.15, -0.1) is 5.54 Å². The highest BCUT2D eigenvalue weighted by Gasteiger charge is 2.07. The first-order valence-electron chi connectivity index (χ1n) is 6.83. The lowest BCUT2D eigenvalue weighted by molar-refractivity contribution is 1.58. The fourth-order valence-corrected chi connectivity index (χ4v) is 2.36. The van der Waals surface area contributed by atoms with Gasteiger partial charge in [0.25, 0.3) is 0 Å². The average Bonchev–Trinajstić information content (AvgIpc) is 2.45. The quantitative estimate of drug-likeness (QED) is 0.458. The predicted octanol–water partition coefficient (Wildman–Crippen LogP) is 5.08. The van der Waals surface area contributed by atoms with Crippen LogP contribution in [0.15, 0.2) is 53.0 Å². The zero-order chi connectivity index (χ0) is 15.3. The third-order valence-electron chi connectivity index (χ3n) is 2.66. The van der Waals surface area contributed by atoms with Gasteiger partial charge in [0.2, 0.25) is 0 Å². The van der Waals surface area contributed by atoms with E-state index in [-0.39, 0.29) is 0 Å². The molecule has 104 valence electrons. The molecule has 0 saturated carbocycles. The van der Waals surface area contributed by atoms with Gasteiger partial charge < -0.3 is 0 Å². The van der Waals surface area contributed by atoms with E-state index in [9.17, 15) is 0 Å². The van der Waals surface area contributed by atoms with Crippen LogP contribution in [0, 0.1) is 23.3 Å². The van der Waals surface area contributed by atoms with Crippen LogP contribution in [0.2, 0.25) is 19.6 Å². The molecule has 2 aromatic carbocycles. The number of hydrogen-bond acceptors (Lipinski definition) is 0. The van der Waals surface area contributed by atoms with Crippen molar-refractivity contribution in [3.05, 3.63) is 69.7 Å². The molecule has 0 N–H and O–H groups in total. The van der Waals surface area contributed by atoms with E-state index in [2.05, 4.69) is 58.9 Å². The lowest BCUT2D eigenvalue weighted by Gasteiger charge is -2.03. The normalized spacial score (nSPS) is 10.1. The zero-order valence-electron chi connectivity index (χ0n) is 12.5. The van der Waals surface area contributed by atoms with E-state index in [0.29, 0.717) is 0 Å². The van der Waals surface area contributed by atoms with E-state index in [4.69, 9.17) is 0 Å². The molecule has 0 aromatic heterocycles. The van der Waals surface area contributed by atoms with Gasteiger partial charge in [-0.3, -0.25) is 0 Å². The molecule has 0 aliphatic carbocycles. The standard InChI is InChI=1S/C19H17BrSi/c1-21(2,3)15-14-18-8-6-16(7-9-18)4-5-17-10-12-19(20)13-11-17/h6-13H,1-3H3. The van der Waals surface area contributed by atoms with Crippen molar-refractivity contribution in [3.63, 3.8) is 0 Å². The van der Waals surface area contributed by atoms with Crippen LogP contribution in [0.25, 0.3) is 0 Å². The monoisotopic (exact) mass is 352 g/mol. The Bertz CT molecular complexity index is 727. The molecule has 2 heteroatoms. The van der Waals surface area contributed by atoms with Crippen LogP contribution in [0.3, 0.4) is 0 Å². The van der Waals surface area contributed by atoms with Crippen LogP contribution in [-0.4, -0.2) is 8.07 Å². The van der Waals surface area contributed by atoms with Crippen LogP contribution in [0.4, 0.5) is 0 Å². The molecule has 0 aliphatic rings. The molecule has 0 fully saturated rings. The van der Waals surface area contributed by atoms with Crippen molar-refractivity contribution in [1.29, 1.82) is 0 Å². The summed E-state index contributed by atoms with van der Waals surface area (Å²) in [6, 6.07) is 16.1. The lowest BCUT2D eigenvalue weighted by atomic mass is 10.1. The Kier molecular flexibility index (Phi) is 5.07. The van der Waals surface area contributed by atoms with Gasteiger partial charge in [0.15, 0.2) is 0 Å². The molecule has 2 aromatic rings. The number of hydrogen-bond donors (Lipinski definition) is 0. The maximum atomic E-state index is 3.42. The molecular weight excluding hydrogens is 336 g/mol. The smallest absolute Gasteiger partial charge is 0.127 e. The van der Waals surface area contributed by atoms with Gasteiger partial charge in [0.05, 0.1) is 0 Å². The van der Waals surface area contributed by atoms with Crippen LogP contribution >= 0.6 is 15.9 Å². The van der Waals surface area contributed by atoms with Crippen molar-refractivity contribution in [2.45, 2.75) is 19.6 Å². The van der Waals surface area contributed by atoms with Crippen molar-refractivity contribution < 1.29 is 0 Å². The molecule has 0 heterocycles.